The lowest BCUT2D eigenvalue weighted by Gasteiger charge is -2.03. The van der Waals surface area contributed by atoms with Gasteiger partial charge in [-0.25, -0.2) is 4.98 Å². The summed E-state index contributed by atoms with van der Waals surface area (Å²) in [5, 5.41) is 1.84. The highest BCUT2D eigenvalue weighted by Gasteiger charge is 2.19. The number of pyridine rings is 1. The average Bonchev–Trinajstić information content (AvgIpc) is 3.08. The number of nitrogens with zero attached hydrogens (tertiary/aromatic N) is 2. The molecule has 25 heavy (non-hydrogen) atoms. The van der Waals surface area contributed by atoms with Crippen molar-refractivity contribution in [3.05, 3.63) is 54.5 Å². The number of hydrogen-bond donors (Lipinski definition) is 0. The summed E-state index contributed by atoms with van der Waals surface area (Å²) >= 11 is 0. The Bertz CT molecular complexity index is 1100. The molecule has 4 aromatic rings. The van der Waals surface area contributed by atoms with Crippen molar-refractivity contribution in [2.24, 2.45) is 0 Å². The van der Waals surface area contributed by atoms with Gasteiger partial charge in [0.2, 0.25) is 11.7 Å². The molecule has 0 aliphatic heterocycles. The number of halogens is 1. The van der Waals surface area contributed by atoms with Crippen molar-refractivity contribution < 1.29 is 18.3 Å². The van der Waals surface area contributed by atoms with Gasteiger partial charge in [0.25, 0.3) is 0 Å². The maximum Gasteiger partial charge on any atom is 0.311 e. The molecule has 0 atom stereocenters. The van der Waals surface area contributed by atoms with Gasteiger partial charge < -0.3 is 9.15 Å². The van der Waals surface area contributed by atoms with E-state index in [2.05, 4.69) is 9.97 Å². The first-order chi connectivity index (χ1) is 12.2. The van der Waals surface area contributed by atoms with Gasteiger partial charge in [-0.15, -0.1) is 0 Å². The highest BCUT2D eigenvalue weighted by atomic mass is 19.1. The van der Waals surface area contributed by atoms with Crippen LogP contribution in [0.15, 0.2) is 53.1 Å². The molecule has 0 spiro atoms. The van der Waals surface area contributed by atoms with Crippen LogP contribution in [0.5, 0.6) is 5.75 Å². The number of esters is 1. The first-order valence-corrected chi connectivity index (χ1v) is 7.81. The Labute approximate surface area is 142 Å². The van der Waals surface area contributed by atoms with Crippen molar-refractivity contribution in [2.45, 2.75) is 13.3 Å². The predicted octanol–water partition coefficient (Wildman–Crippen LogP) is 4.50. The summed E-state index contributed by atoms with van der Waals surface area (Å²) in [5.41, 5.74) is 0.797. The van der Waals surface area contributed by atoms with Gasteiger partial charge in [-0.2, -0.15) is 4.39 Å². The van der Waals surface area contributed by atoms with E-state index in [1.807, 2.05) is 30.3 Å². The Hall–Kier alpha value is -3.28. The van der Waals surface area contributed by atoms with Crippen LogP contribution < -0.4 is 4.74 Å². The SMILES string of the molecule is CCC(=O)Oc1ccc2nc(-c3nccc4ccccc34)oc2c1F. The Balaban J connectivity index is 1.86. The van der Waals surface area contributed by atoms with Crippen LogP contribution in [-0.4, -0.2) is 15.9 Å². The maximum absolute atomic E-state index is 14.6. The van der Waals surface area contributed by atoms with Gasteiger partial charge in [-0.05, 0) is 23.6 Å². The normalized spacial score (nSPS) is 11.1. The van der Waals surface area contributed by atoms with Crippen molar-refractivity contribution in [1.82, 2.24) is 9.97 Å². The molecule has 4 rings (SSSR count). The minimum Gasteiger partial charge on any atom is -0.431 e. The zero-order valence-electron chi connectivity index (χ0n) is 13.3. The Morgan fingerprint density at radius 2 is 2.04 bits per heavy atom. The van der Waals surface area contributed by atoms with E-state index in [0.29, 0.717) is 11.2 Å². The van der Waals surface area contributed by atoms with Gasteiger partial charge in [0.1, 0.15) is 11.2 Å². The number of benzene rings is 2. The fraction of sp³-hybridized carbons (Fsp3) is 0.105. The largest absolute Gasteiger partial charge is 0.431 e. The molecule has 0 unspecified atom stereocenters. The van der Waals surface area contributed by atoms with Gasteiger partial charge >= 0.3 is 5.97 Å². The predicted molar refractivity (Wildman–Crippen MR) is 90.6 cm³/mol. The number of ether oxygens (including phenoxy) is 1. The summed E-state index contributed by atoms with van der Waals surface area (Å²) in [7, 11) is 0. The molecular weight excluding hydrogens is 323 g/mol. The van der Waals surface area contributed by atoms with E-state index in [0.717, 1.165) is 10.8 Å². The first-order valence-electron chi connectivity index (χ1n) is 7.81. The standard InChI is InChI=1S/C19H13FN2O3/c1-2-15(23)24-14-8-7-13-18(16(14)20)25-19(22-13)17-12-6-4-3-5-11(12)9-10-21-17/h3-10H,2H2,1H3. The number of aromatic nitrogens is 2. The summed E-state index contributed by atoms with van der Waals surface area (Å²) in [6.45, 7) is 1.64. The summed E-state index contributed by atoms with van der Waals surface area (Å²) in [6, 6.07) is 12.5. The fourth-order valence-corrected chi connectivity index (χ4v) is 2.61. The van der Waals surface area contributed by atoms with Crippen LogP contribution in [0.25, 0.3) is 33.5 Å². The third kappa shape index (κ3) is 2.61. The van der Waals surface area contributed by atoms with Gasteiger partial charge in [0, 0.05) is 18.0 Å². The van der Waals surface area contributed by atoms with Crippen LogP contribution in [0.2, 0.25) is 0 Å². The summed E-state index contributed by atoms with van der Waals surface area (Å²) in [6.07, 6.45) is 1.80. The van der Waals surface area contributed by atoms with E-state index < -0.39 is 11.8 Å². The topological polar surface area (TPSA) is 65.2 Å². The molecule has 0 bridgehead atoms. The molecule has 2 aromatic carbocycles. The second kappa shape index (κ2) is 5.98. The number of oxazole rings is 1. The Morgan fingerprint density at radius 1 is 1.20 bits per heavy atom. The fourth-order valence-electron chi connectivity index (χ4n) is 2.61. The highest BCUT2D eigenvalue weighted by molar-refractivity contribution is 5.93. The molecule has 0 amide bonds. The second-order valence-corrected chi connectivity index (χ2v) is 5.45. The monoisotopic (exact) mass is 336 g/mol. The van der Waals surface area contributed by atoms with E-state index in [1.165, 1.54) is 6.07 Å². The van der Waals surface area contributed by atoms with Crippen molar-refractivity contribution in [2.75, 3.05) is 0 Å². The molecule has 0 radical (unpaired) electrons. The number of carbonyl (C=O) groups is 1. The molecule has 0 aliphatic carbocycles. The van der Waals surface area contributed by atoms with Crippen LogP contribution in [0, 0.1) is 5.82 Å². The van der Waals surface area contributed by atoms with Crippen LogP contribution in [-0.2, 0) is 4.79 Å². The number of hydrogen-bond acceptors (Lipinski definition) is 5. The van der Waals surface area contributed by atoms with Crippen LogP contribution in [0.4, 0.5) is 4.39 Å². The van der Waals surface area contributed by atoms with Gasteiger partial charge in [0.05, 0.1) is 0 Å². The molecule has 0 N–H and O–H groups in total. The number of carbonyl (C=O) groups excluding carboxylic acids is 1. The zero-order chi connectivity index (χ0) is 17.4. The molecule has 5 nitrogen and oxygen atoms in total. The van der Waals surface area contributed by atoms with Crippen molar-refractivity contribution in [3.63, 3.8) is 0 Å². The lowest BCUT2D eigenvalue weighted by Crippen LogP contribution is -2.06. The zero-order valence-corrected chi connectivity index (χ0v) is 13.3. The average molecular weight is 336 g/mol. The molecule has 0 saturated carbocycles. The number of fused-ring (bicyclic) bond motifs is 2. The maximum atomic E-state index is 14.6. The molecule has 0 aliphatic rings. The van der Waals surface area contributed by atoms with E-state index >= 15 is 0 Å². The van der Waals surface area contributed by atoms with Gasteiger partial charge in [-0.3, -0.25) is 9.78 Å². The van der Waals surface area contributed by atoms with Crippen molar-refractivity contribution in [1.29, 1.82) is 0 Å². The smallest absolute Gasteiger partial charge is 0.311 e. The lowest BCUT2D eigenvalue weighted by molar-refractivity contribution is -0.134. The molecule has 124 valence electrons. The molecule has 0 saturated heterocycles. The lowest BCUT2D eigenvalue weighted by atomic mass is 10.1. The molecule has 0 fully saturated rings. The minimum atomic E-state index is -0.752. The molecular formula is C19H13FN2O3. The number of rotatable bonds is 3. The summed E-state index contributed by atoms with van der Waals surface area (Å²) in [5.74, 6) is -1.23. The van der Waals surface area contributed by atoms with Crippen LogP contribution in [0.1, 0.15) is 13.3 Å². The van der Waals surface area contributed by atoms with Crippen molar-refractivity contribution >= 4 is 27.8 Å². The summed E-state index contributed by atoms with van der Waals surface area (Å²) in [4.78, 5) is 20.0. The van der Waals surface area contributed by atoms with E-state index in [4.69, 9.17) is 9.15 Å². The second-order valence-electron chi connectivity index (χ2n) is 5.45. The van der Waals surface area contributed by atoms with Gasteiger partial charge in [0.15, 0.2) is 11.3 Å². The highest BCUT2D eigenvalue weighted by Crippen LogP contribution is 2.32. The van der Waals surface area contributed by atoms with E-state index in [1.54, 1.807) is 19.2 Å². The molecule has 6 heteroatoms. The Kier molecular flexibility index (Phi) is 3.65. The Morgan fingerprint density at radius 3 is 2.88 bits per heavy atom. The third-order valence-electron chi connectivity index (χ3n) is 3.85. The molecule has 2 aromatic heterocycles. The quantitative estimate of drug-likeness (QED) is 0.407. The molecule has 2 heterocycles. The van der Waals surface area contributed by atoms with Crippen LogP contribution in [0.3, 0.4) is 0 Å². The first kappa shape index (κ1) is 15.3. The van der Waals surface area contributed by atoms with Crippen molar-refractivity contribution in [3.8, 4) is 17.3 Å². The minimum absolute atomic E-state index is 0.0638. The van der Waals surface area contributed by atoms with Crippen LogP contribution >= 0.6 is 0 Å². The van der Waals surface area contributed by atoms with E-state index in [-0.39, 0.29) is 23.6 Å². The third-order valence-corrected chi connectivity index (χ3v) is 3.85. The summed E-state index contributed by atoms with van der Waals surface area (Å²) < 4.78 is 25.2. The van der Waals surface area contributed by atoms with E-state index in [9.17, 15) is 9.18 Å². The van der Waals surface area contributed by atoms with Gasteiger partial charge in [-0.1, -0.05) is 31.2 Å².